The molecule has 0 aliphatic carbocycles. The lowest BCUT2D eigenvalue weighted by molar-refractivity contribution is 0.629. The van der Waals surface area contributed by atoms with Gasteiger partial charge in [0.05, 0.1) is 15.0 Å². The zero-order valence-corrected chi connectivity index (χ0v) is 13.9. The molecule has 0 saturated carbocycles. The van der Waals surface area contributed by atoms with Crippen molar-refractivity contribution >= 4 is 40.2 Å². The van der Waals surface area contributed by atoms with Gasteiger partial charge in [0.25, 0.3) is 0 Å². The van der Waals surface area contributed by atoms with Crippen LogP contribution in [-0.2, 0) is 12.2 Å². The summed E-state index contributed by atoms with van der Waals surface area (Å²) in [7, 11) is 0. The molecule has 0 bridgehead atoms. The van der Waals surface area contributed by atoms with Gasteiger partial charge in [-0.05, 0) is 48.1 Å². The van der Waals surface area contributed by atoms with Crippen molar-refractivity contribution in [2.75, 3.05) is 18.1 Å². The average Bonchev–Trinajstić information content (AvgIpc) is 2.24. The molecule has 1 N–H and O–H groups in total. The van der Waals surface area contributed by atoms with Crippen LogP contribution in [0.15, 0.2) is 0 Å². The van der Waals surface area contributed by atoms with Crippen molar-refractivity contribution in [3.63, 3.8) is 0 Å². The van der Waals surface area contributed by atoms with Gasteiger partial charge in [-0.15, -0.1) is 0 Å². The summed E-state index contributed by atoms with van der Waals surface area (Å²) < 4.78 is 1.17. The van der Waals surface area contributed by atoms with E-state index in [9.17, 15) is 0 Å². The first-order valence-corrected chi connectivity index (χ1v) is 8.33. The van der Waals surface area contributed by atoms with Crippen molar-refractivity contribution in [1.82, 2.24) is 9.97 Å². The Morgan fingerprint density at radius 1 is 1.35 bits per heavy atom. The molecule has 1 aromatic rings. The van der Waals surface area contributed by atoms with E-state index in [4.69, 9.17) is 0 Å². The Balaban J connectivity index is 3.07. The first kappa shape index (κ1) is 15.0. The third-order valence-corrected chi connectivity index (χ3v) is 3.87. The highest BCUT2D eigenvalue weighted by Gasteiger charge is 2.12. The molecule has 0 aliphatic heterocycles. The number of thioether (sulfide) groups is 1. The van der Waals surface area contributed by atoms with Crippen molar-refractivity contribution in [3.05, 3.63) is 15.1 Å². The SMILES string of the molecule is CCNc1nc(CSC)nc(CC(C)C)c1I. The number of hydrogen-bond donors (Lipinski definition) is 1. The molecule has 1 rings (SSSR count). The zero-order chi connectivity index (χ0) is 12.8. The fourth-order valence-electron chi connectivity index (χ4n) is 1.54. The molecule has 0 fully saturated rings. The second-order valence-electron chi connectivity index (χ2n) is 4.31. The number of halogens is 1. The molecule has 17 heavy (non-hydrogen) atoms. The van der Waals surface area contributed by atoms with Crippen LogP contribution in [0.3, 0.4) is 0 Å². The smallest absolute Gasteiger partial charge is 0.143 e. The lowest BCUT2D eigenvalue weighted by Crippen LogP contribution is -2.11. The molecule has 0 saturated heterocycles. The number of nitrogens with one attached hydrogen (secondary N) is 1. The fourth-order valence-corrected chi connectivity index (χ4v) is 2.58. The van der Waals surface area contributed by atoms with Crippen LogP contribution >= 0.6 is 34.4 Å². The van der Waals surface area contributed by atoms with Gasteiger partial charge in [-0.25, -0.2) is 9.97 Å². The predicted molar refractivity (Wildman–Crippen MR) is 84.7 cm³/mol. The minimum Gasteiger partial charge on any atom is -0.369 e. The first-order valence-electron chi connectivity index (χ1n) is 5.86. The third-order valence-electron chi connectivity index (χ3n) is 2.19. The molecular weight excluding hydrogens is 345 g/mol. The van der Waals surface area contributed by atoms with Gasteiger partial charge in [0, 0.05) is 6.54 Å². The van der Waals surface area contributed by atoms with Crippen LogP contribution in [0, 0.1) is 9.49 Å². The van der Waals surface area contributed by atoms with Gasteiger partial charge in [-0.2, -0.15) is 11.8 Å². The van der Waals surface area contributed by atoms with Crippen molar-refractivity contribution in [2.24, 2.45) is 5.92 Å². The van der Waals surface area contributed by atoms with E-state index in [0.29, 0.717) is 5.92 Å². The molecule has 0 atom stereocenters. The first-order chi connectivity index (χ1) is 8.08. The molecule has 0 radical (unpaired) electrons. The van der Waals surface area contributed by atoms with Gasteiger partial charge in [-0.3, -0.25) is 0 Å². The van der Waals surface area contributed by atoms with Gasteiger partial charge >= 0.3 is 0 Å². The maximum absolute atomic E-state index is 4.67. The molecule has 0 unspecified atom stereocenters. The Morgan fingerprint density at radius 3 is 2.59 bits per heavy atom. The lowest BCUT2D eigenvalue weighted by Gasteiger charge is -2.13. The topological polar surface area (TPSA) is 37.8 Å². The molecule has 0 aliphatic rings. The monoisotopic (exact) mass is 365 g/mol. The summed E-state index contributed by atoms with van der Waals surface area (Å²) in [4.78, 5) is 9.23. The van der Waals surface area contributed by atoms with Crippen LogP contribution in [0.4, 0.5) is 5.82 Å². The largest absolute Gasteiger partial charge is 0.369 e. The van der Waals surface area contributed by atoms with E-state index in [0.717, 1.165) is 30.4 Å². The molecule has 5 heteroatoms. The summed E-state index contributed by atoms with van der Waals surface area (Å²) in [6.45, 7) is 7.43. The Kier molecular flexibility index (Phi) is 6.54. The highest BCUT2D eigenvalue weighted by molar-refractivity contribution is 14.1. The molecule has 3 nitrogen and oxygen atoms in total. The van der Waals surface area contributed by atoms with E-state index < -0.39 is 0 Å². The minimum atomic E-state index is 0.620. The van der Waals surface area contributed by atoms with Gasteiger partial charge in [-0.1, -0.05) is 13.8 Å². The summed E-state index contributed by atoms with van der Waals surface area (Å²) in [6.07, 6.45) is 3.09. The van der Waals surface area contributed by atoms with Gasteiger partial charge < -0.3 is 5.32 Å². The van der Waals surface area contributed by atoms with Gasteiger partial charge in [0.15, 0.2) is 0 Å². The van der Waals surface area contributed by atoms with Crippen LogP contribution < -0.4 is 5.32 Å². The summed E-state index contributed by atoms with van der Waals surface area (Å²) in [5.74, 6) is 3.42. The van der Waals surface area contributed by atoms with Gasteiger partial charge in [0.2, 0.25) is 0 Å². The highest BCUT2D eigenvalue weighted by Crippen LogP contribution is 2.22. The van der Waals surface area contributed by atoms with Crippen LogP contribution in [0.5, 0.6) is 0 Å². The number of hydrogen-bond acceptors (Lipinski definition) is 4. The summed E-state index contributed by atoms with van der Waals surface area (Å²) >= 11 is 4.11. The quantitative estimate of drug-likeness (QED) is 0.783. The molecule has 1 aromatic heterocycles. The van der Waals surface area contributed by atoms with Crippen molar-refractivity contribution in [1.29, 1.82) is 0 Å². The zero-order valence-electron chi connectivity index (χ0n) is 10.9. The molecule has 0 aromatic carbocycles. The minimum absolute atomic E-state index is 0.620. The van der Waals surface area contributed by atoms with Crippen molar-refractivity contribution < 1.29 is 0 Å². The molecular formula is C12H20IN3S. The highest BCUT2D eigenvalue weighted by atomic mass is 127. The molecule has 1 heterocycles. The van der Waals surface area contributed by atoms with E-state index in [2.05, 4.69) is 64.9 Å². The third kappa shape index (κ3) is 4.62. The van der Waals surface area contributed by atoms with Gasteiger partial charge in [0.1, 0.15) is 11.6 Å². The Hall–Kier alpha value is -0.0400. The van der Waals surface area contributed by atoms with E-state index >= 15 is 0 Å². The number of anilines is 1. The number of nitrogens with zero attached hydrogens (tertiary/aromatic N) is 2. The Bertz CT molecular complexity index is 369. The van der Waals surface area contributed by atoms with Crippen LogP contribution in [0.2, 0.25) is 0 Å². The summed E-state index contributed by atoms with van der Waals surface area (Å²) in [5.41, 5.74) is 1.18. The molecule has 96 valence electrons. The van der Waals surface area contributed by atoms with Crippen molar-refractivity contribution in [2.45, 2.75) is 32.9 Å². The second kappa shape index (κ2) is 7.41. The maximum Gasteiger partial charge on any atom is 0.143 e. The predicted octanol–water partition coefficient (Wildman–Crippen LogP) is 3.57. The van der Waals surface area contributed by atoms with E-state index in [1.165, 1.54) is 9.26 Å². The normalized spacial score (nSPS) is 10.9. The fraction of sp³-hybridized carbons (Fsp3) is 0.667. The summed E-state index contributed by atoms with van der Waals surface area (Å²) in [6, 6.07) is 0. The molecule has 0 spiro atoms. The van der Waals surface area contributed by atoms with Crippen LogP contribution in [0.25, 0.3) is 0 Å². The van der Waals surface area contributed by atoms with Crippen LogP contribution in [0.1, 0.15) is 32.3 Å². The summed E-state index contributed by atoms with van der Waals surface area (Å²) in [5, 5.41) is 3.32. The van der Waals surface area contributed by atoms with E-state index in [1.807, 2.05) is 0 Å². The van der Waals surface area contributed by atoms with Crippen LogP contribution in [-0.4, -0.2) is 22.8 Å². The Morgan fingerprint density at radius 2 is 2.06 bits per heavy atom. The maximum atomic E-state index is 4.67. The number of aromatic nitrogens is 2. The van der Waals surface area contributed by atoms with E-state index in [-0.39, 0.29) is 0 Å². The average molecular weight is 365 g/mol. The Labute approximate surface area is 122 Å². The standard InChI is InChI=1S/C12H20IN3S/c1-5-14-12-11(13)9(6-8(2)3)15-10(16-12)7-17-4/h8H,5-7H2,1-4H3,(H,14,15,16). The molecule has 0 amide bonds. The second-order valence-corrected chi connectivity index (χ2v) is 6.26. The lowest BCUT2D eigenvalue weighted by atomic mass is 10.1. The number of rotatable bonds is 6. The van der Waals surface area contributed by atoms with Crippen molar-refractivity contribution in [3.8, 4) is 0 Å². The van der Waals surface area contributed by atoms with E-state index in [1.54, 1.807) is 11.8 Å².